The minimum Gasteiger partial charge on any atom is -0.462 e. The molecule has 3 N–H and O–H groups in total. The van der Waals surface area contributed by atoms with E-state index in [1.54, 1.807) is 25.1 Å². The monoisotopic (exact) mass is 285 g/mol. The van der Waals surface area contributed by atoms with Crippen LogP contribution in [0.3, 0.4) is 0 Å². The summed E-state index contributed by atoms with van der Waals surface area (Å²) in [5.41, 5.74) is 9.25. The van der Waals surface area contributed by atoms with Gasteiger partial charge in [-0.3, -0.25) is 4.98 Å². The summed E-state index contributed by atoms with van der Waals surface area (Å²) in [7, 11) is 0. The fraction of sp³-hybridized carbons (Fsp3) is 0.250. The Labute approximate surface area is 124 Å². The molecule has 0 aliphatic carbocycles. The highest BCUT2D eigenvalue weighted by atomic mass is 16.5. The predicted octanol–water partition coefficient (Wildman–Crippen LogP) is 2.76. The van der Waals surface area contributed by atoms with E-state index in [0.717, 1.165) is 11.4 Å². The van der Waals surface area contributed by atoms with Crippen LogP contribution in [0, 0.1) is 6.92 Å². The standard InChI is InChI=1S/C16H19N3O2/c1-3-21-16(20)14-9-12(17)7-8-15(14)18-10-13-6-4-5-11(2)19-13/h4-9,18H,3,10,17H2,1-2H3. The van der Waals surface area contributed by atoms with E-state index in [0.29, 0.717) is 30.1 Å². The number of ether oxygens (including phenoxy) is 1. The van der Waals surface area contributed by atoms with Crippen molar-refractivity contribution in [3.05, 3.63) is 53.3 Å². The molecule has 5 nitrogen and oxygen atoms in total. The van der Waals surface area contributed by atoms with Crippen LogP contribution >= 0.6 is 0 Å². The minimum atomic E-state index is -0.385. The number of anilines is 2. The van der Waals surface area contributed by atoms with Crippen LogP contribution in [0.2, 0.25) is 0 Å². The predicted molar refractivity (Wildman–Crippen MR) is 83.1 cm³/mol. The first-order valence-electron chi connectivity index (χ1n) is 6.83. The second-order valence-corrected chi connectivity index (χ2v) is 4.65. The highest BCUT2D eigenvalue weighted by Gasteiger charge is 2.13. The van der Waals surface area contributed by atoms with Crippen LogP contribution in [0.4, 0.5) is 11.4 Å². The van der Waals surface area contributed by atoms with Gasteiger partial charge in [-0.25, -0.2) is 4.79 Å². The zero-order chi connectivity index (χ0) is 15.2. The van der Waals surface area contributed by atoms with E-state index < -0.39 is 0 Å². The Morgan fingerprint density at radius 3 is 2.86 bits per heavy atom. The second kappa shape index (κ2) is 6.74. The van der Waals surface area contributed by atoms with Gasteiger partial charge in [0.2, 0.25) is 0 Å². The van der Waals surface area contributed by atoms with Crippen molar-refractivity contribution in [2.75, 3.05) is 17.7 Å². The number of hydrogen-bond acceptors (Lipinski definition) is 5. The van der Waals surface area contributed by atoms with Crippen molar-refractivity contribution >= 4 is 17.3 Å². The molecule has 0 aliphatic heterocycles. The van der Waals surface area contributed by atoms with Gasteiger partial charge in [-0.15, -0.1) is 0 Å². The Bertz CT molecular complexity index is 641. The van der Waals surface area contributed by atoms with Crippen LogP contribution in [0.1, 0.15) is 28.7 Å². The Kier molecular flexibility index (Phi) is 4.77. The summed E-state index contributed by atoms with van der Waals surface area (Å²) in [5.74, 6) is -0.385. The molecule has 0 radical (unpaired) electrons. The van der Waals surface area contributed by atoms with Gasteiger partial charge in [-0.2, -0.15) is 0 Å². The van der Waals surface area contributed by atoms with Gasteiger partial charge < -0.3 is 15.8 Å². The lowest BCUT2D eigenvalue weighted by molar-refractivity contribution is 0.0527. The van der Waals surface area contributed by atoms with Crippen LogP contribution < -0.4 is 11.1 Å². The maximum absolute atomic E-state index is 11.9. The lowest BCUT2D eigenvalue weighted by atomic mass is 10.1. The molecule has 5 heteroatoms. The first kappa shape index (κ1) is 14.8. The number of aryl methyl sites for hydroxylation is 1. The first-order chi connectivity index (χ1) is 10.1. The molecule has 2 aromatic rings. The molecule has 21 heavy (non-hydrogen) atoms. The van der Waals surface area contributed by atoms with Gasteiger partial charge in [0.05, 0.1) is 24.4 Å². The highest BCUT2D eigenvalue weighted by Crippen LogP contribution is 2.20. The number of pyridine rings is 1. The first-order valence-corrected chi connectivity index (χ1v) is 6.83. The van der Waals surface area contributed by atoms with Crippen LogP contribution in [0.25, 0.3) is 0 Å². The molecule has 0 amide bonds. The van der Waals surface area contributed by atoms with Crippen molar-refractivity contribution in [2.24, 2.45) is 0 Å². The molecule has 1 heterocycles. The Morgan fingerprint density at radius 1 is 1.33 bits per heavy atom. The number of hydrogen-bond donors (Lipinski definition) is 2. The van der Waals surface area contributed by atoms with Gasteiger partial charge in [-0.05, 0) is 44.2 Å². The van der Waals surface area contributed by atoms with Crippen molar-refractivity contribution in [3.8, 4) is 0 Å². The zero-order valence-corrected chi connectivity index (χ0v) is 12.2. The summed E-state index contributed by atoms with van der Waals surface area (Å²) in [6, 6.07) is 11.0. The molecule has 0 saturated heterocycles. The summed E-state index contributed by atoms with van der Waals surface area (Å²) in [6.45, 7) is 4.56. The largest absolute Gasteiger partial charge is 0.462 e. The SMILES string of the molecule is CCOC(=O)c1cc(N)ccc1NCc1cccc(C)n1. The molecule has 0 aliphatic rings. The average molecular weight is 285 g/mol. The van der Waals surface area contributed by atoms with Gasteiger partial charge in [-0.1, -0.05) is 6.07 Å². The van der Waals surface area contributed by atoms with Crippen molar-refractivity contribution in [1.29, 1.82) is 0 Å². The van der Waals surface area contributed by atoms with Crippen molar-refractivity contribution in [1.82, 2.24) is 4.98 Å². The number of esters is 1. The van der Waals surface area contributed by atoms with Crippen LogP contribution in [0.5, 0.6) is 0 Å². The molecule has 2 rings (SSSR count). The van der Waals surface area contributed by atoms with Gasteiger partial charge in [0.15, 0.2) is 0 Å². The highest BCUT2D eigenvalue weighted by molar-refractivity contribution is 5.96. The van der Waals surface area contributed by atoms with Crippen molar-refractivity contribution in [2.45, 2.75) is 20.4 Å². The second-order valence-electron chi connectivity index (χ2n) is 4.65. The molecular formula is C16H19N3O2. The molecule has 1 aromatic heterocycles. The molecule has 110 valence electrons. The summed E-state index contributed by atoms with van der Waals surface area (Å²) >= 11 is 0. The van der Waals surface area contributed by atoms with Gasteiger partial charge >= 0.3 is 5.97 Å². The molecular weight excluding hydrogens is 266 g/mol. The van der Waals surface area contributed by atoms with E-state index >= 15 is 0 Å². The van der Waals surface area contributed by atoms with E-state index in [1.165, 1.54) is 0 Å². The molecule has 0 spiro atoms. The number of carbonyl (C=O) groups is 1. The molecule has 1 aromatic carbocycles. The molecule has 0 fully saturated rings. The fourth-order valence-electron chi connectivity index (χ4n) is 1.98. The van der Waals surface area contributed by atoms with E-state index in [9.17, 15) is 4.79 Å². The number of nitrogens with one attached hydrogen (secondary N) is 1. The number of rotatable bonds is 5. The summed E-state index contributed by atoms with van der Waals surface area (Å²) in [4.78, 5) is 16.4. The number of carbonyl (C=O) groups excluding carboxylic acids is 1. The summed E-state index contributed by atoms with van der Waals surface area (Å²) in [5, 5.41) is 3.20. The summed E-state index contributed by atoms with van der Waals surface area (Å²) in [6.07, 6.45) is 0. The van der Waals surface area contributed by atoms with Crippen molar-refractivity contribution < 1.29 is 9.53 Å². The van der Waals surface area contributed by atoms with Crippen LogP contribution in [-0.2, 0) is 11.3 Å². The third kappa shape index (κ3) is 3.95. The van der Waals surface area contributed by atoms with Crippen LogP contribution in [0.15, 0.2) is 36.4 Å². The third-order valence-corrected chi connectivity index (χ3v) is 2.94. The Hall–Kier alpha value is -2.56. The van der Waals surface area contributed by atoms with E-state index in [4.69, 9.17) is 10.5 Å². The third-order valence-electron chi connectivity index (χ3n) is 2.94. The number of nitrogen functional groups attached to an aromatic ring is 1. The van der Waals surface area contributed by atoms with E-state index in [1.807, 2.05) is 25.1 Å². The number of nitrogens with two attached hydrogens (primary N) is 1. The Morgan fingerprint density at radius 2 is 2.14 bits per heavy atom. The topological polar surface area (TPSA) is 77.2 Å². The molecule has 0 unspecified atom stereocenters. The molecule has 0 bridgehead atoms. The van der Waals surface area contributed by atoms with Gasteiger partial charge in [0.1, 0.15) is 0 Å². The fourth-order valence-corrected chi connectivity index (χ4v) is 1.98. The lowest BCUT2D eigenvalue weighted by Gasteiger charge is -2.12. The molecule has 0 saturated carbocycles. The smallest absolute Gasteiger partial charge is 0.340 e. The van der Waals surface area contributed by atoms with E-state index in [2.05, 4.69) is 10.3 Å². The van der Waals surface area contributed by atoms with E-state index in [-0.39, 0.29) is 5.97 Å². The Balaban J connectivity index is 2.17. The maximum atomic E-state index is 11.9. The average Bonchev–Trinajstić information content (AvgIpc) is 2.46. The molecule has 0 atom stereocenters. The zero-order valence-electron chi connectivity index (χ0n) is 12.2. The van der Waals surface area contributed by atoms with Crippen LogP contribution in [-0.4, -0.2) is 17.6 Å². The number of benzene rings is 1. The normalized spacial score (nSPS) is 10.2. The van der Waals surface area contributed by atoms with Gasteiger partial charge in [0.25, 0.3) is 0 Å². The maximum Gasteiger partial charge on any atom is 0.340 e. The number of nitrogens with zero attached hydrogens (tertiary/aromatic N) is 1. The van der Waals surface area contributed by atoms with Crippen molar-refractivity contribution in [3.63, 3.8) is 0 Å². The quantitative estimate of drug-likeness (QED) is 0.652. The summed E-state index contributed by atoms with van der Waals surface area (Å²) < 4.78 is 5.04. The van der Waals surface area contributed by atoms with Gasteiger partial charge in [0, 0.05) is 17.1 Å². The lowest BCUT2D eigenvalue weighted by Crippen LogP contribution is -2.11. The number of aromatic nitrogens is 1. The minimum absolute atomic E-state index is 0.326.